The van der Waals surface area contributed by atoms with Crippen molar-refractivity contribution in [3.8, 4) is 5.75 Å². The van der Waals surface area contributed by atoms with Crippen molar-refractivity contribution in [2.75, 3.05) is 12.5 Å². The molecule has 1 N–H and O–H groups in total. The Labute approximate surface area is 157 Å². The van der Waals surface area contributed by atoms with E-state index in [-0.39, 0.29) is 11.8 Å². The molecule has 2 aliphatic carbocycles. The van der Waals surface area contributed by atoms with E-state index >= 15 is 0 Å². The number of ketones is 1. The third-order valence-electron chi connectivity index (χ3n) is 5.61. The molecule has 2 nitrogen and oxygen atoms in total. The molecule has 0 heterocycles. The highest BCUT2D eigenvalue weighted by Crippen LogP contribution is 2.44. The largest absolute Gasteiger partial charge is 0.506 e. The smallest absolute Gasteiger partial charge is 0.142 e. The molecule has 0 amide bonds. The molecular weight excluding hydrogens is 348 g/mol. The summed E-state index contributed by atoms with van der Waals surface area (Å²) >= 11 is 3.18. The van der Waals surface area contributed by atoms with Crippen molar-refractivity contribution in [3.63, 3.8) is 0 Å². The lowest BCUT2D eigenvalue weighted by atomic mass is 9.89. The Morgan fingerprint density at radius 1 is 0.920 bits per heavy atom. The molecule has 2 unspecified atom stereocenters. The van der Waals surface area contributed by atoms with Crippen LogP contribution in [0.3, 0.4) is 0 Å². The molecule has 2 aliphatic rings. The molecule has 0 aliphatic heterocycles. The highest BCUT2D eigenvalue weighted by molar-refractivity contribution is 7.99. The normalized spacial score (nSPS) is 21.9. The molecule has 4 heteroatoms. The average Bonchev–Trinajstić information content (AvgIpc) is 2.83. The molecule has 4 rings (SSSR count). The molecule has 130 valence electrons. The van der Waals surface area contributed by atoms with Gasteiger partial charge in [-0.15, -0.1) is 23.5 Å². The zero-order valence-corrected chi connectivity index (χ0v) is 16.2. The van der Waals surface area contributed by atoms with E-state index in [0.717, 1.165) is 35.5 Å². The minimum absolute atomic E-state index is 0.0281. The number of aromatic hydroxyl groups is 1. The number of fused-ring (bicyclic) bond motifs is 4. The van der Waals surface area contributed by atoms with Crippen molar-refractivity contribution in [2.45, 2.75) is 35.5 Å². The Morgan fingerprint density at radius 2 is 1.52 bits per heavy atom. The van der Waals surface area contributed by atoms with E-state index in [0.29, 0.717) is 11.5 Å². The lowest BCUT2D eigenvalue weighted by Gasteiger charge is -2.19. The van der Waals surface area contributed by atoms with Crippen LogP contribution in [-0.2, 0) is 30.5 Å². The van der Waals surface area contributed by atoms with Gasteiger partial charge in [-0.25, -0.2) is 0 Å². The van der Waals surface area contributed by atoms with E-state index in [1.54, 1.807) is 23.5 Å². The van der Waals surface area contributed by atoms with E-state index in [1.165, 1.54) is 22.3 Å². The van der Waals surface area contributed by atoms with Gasteiger partial charge in [0.25, 0.3) is 0 Å². The second-order valence-electron chi connectivity index (χ2n) is 6.98. The third-order valence-corrected chi connectivity index (χ3v) is 7.21. The summed E-state index contributed by atoms with van der Waals surface area (Å²) in [7, 11) is 0. The van der Waals surface area contributed by atoms with Gasteiger partial charge in [0.2, 0.25) is 0 Å². The predicted molar refractivity (Wildman–Crippen MR) is 105 cm³/mol. The van der Waals surface area contributed by atoms with Crippen LogP contribution in [0.25, 0.3) is 0 Å². The van der Waals surface area contributed by atoms with E-state index in [9.17, 15) is 9.90 Å². The number of hydrogen-bond donors (Lipinski definition) is 1. The summed E-state index contributed by atoms with van der Waals surface area (Å²) in [5, 5.41) is 10.6. The minimum Gasteiger partial charge on any atom is -0.506 e. The van der Waals surface area contributed by atoms with Gasteiger partial charge in [0, 0.05) is 11.8 Å². The molecule has 0 saturated carbocycles. The van der Waals surface area contributed by atoms with Crippen LogP contribution in [0.1, 0.15) is 22.3 Å². The zero-order chi connectivity index (χ0) is 17.6. The molecule has 0 saturated heterocycles. The molecule has 0 radical (unpaired) electrons. The van der Waals surface area contributed by atoms with Crippen LogP contribution in [0.4, 0.5) is 0 Å². The van der Waals surface area contributed by atoms with Crippen LogP contribution in [-0.4, -0.2) is 23.4 Å². The number of benzene rings is 2. The highest BCUT2D eigenvalue weighted by Gasteiger charge is 2.36. The van der Waals surface area contributed by atoms with Crippen LogP contribution in [0, 0.1) is 11.8 Å². The molecule has 2 aromatic rings. The fourth-order valence-corrected chi connectivity index (χ4v) is 5.76. The van der Waals surface area contributed by atoms with Crippen molar-refractivity contribution >= 4 is 29.3 Å². The fourth-order valence-electron chi connectivity index (χ4n) is 4.37. The quantitative estimate of drug-likeness (QED) is 0.788. The second kappa shape index (κ2) is 6.73. The summed E-state index contributed by atoms with van der Waals surface area (Å²) in [4.78, 5) is 15.0. The van der Waals surface area contributed by atoms with Gasteiger partial charge in [0.1, 0.15) is 11.5 Å². The number of phenolic OH excluding ortho intramolecular Hbond substituents is 1. The first-order valence-electron chi connectivity index (χ1n) is 8.68. The maximum Gasteiger partial charge on any atom is 0.142 e. The predicted octanol–water partition coefficient (Wildman–Crippen LogP) is 4.53. The zero-order valence-electron chi connectivity index (χ0n) is 14.5. The van der Waals surface area contributed by atoms with E-state index in [2.05, 4.69) is 30.3 Å². The van der Waals surface area contributed by atoms with Crippen LogP contribution >= 0.6 is 23.5 Å². The van der Waals surface area contributed by atoms with Gasteiger partial charge in [-0.05, 0) is 66.5 Å². The second-order valence-corrected chi connectivity index (χ2v) is 8.64. The highest BCUT2D eigenvalue weighted by atomic mass is 32.2. The maximum atomic E-state index is 13.1. The van der Waals surface area contributed by atoms with Gasteiger partial charge < -0.3 is 5.11 Å². The van der Waals surface area contributed by atoms with Crippen molar-refractivity contribution < 1.29 is 9.90 Å². The summed E-state index contributed by atoms with van der Waals surface area (Å²) in [6, 6.07) is 10.6. The molecule has 2 aromatic carbocycles. The Balaban J connectivity index is 1.84. The summed E-state index contributed by atoms with van der Waals surface area (Å²) in [6.45, 7) is 0. The SMILES string of the molecule is CSc1cc2c(c(SC)c1O)CC1Cc3ccccc3CC(C2)C1=O. The molecule has 0 fully saturated rings. The molecule has 0 spiro atoms. The van der Waals surface area contributed by atoms with Gasteiger partial charge in [-0.1, -0.05) is 24.3 Å². The summed E-state index contributed by atoms with van der Waals surface area (Å²) < 4.78 is 0. The minimum atomic E-state index is 0.0281. The monoisotopic (exact) mass is 370 g/mol. The summed E-state index contributed by atoms with van der Waals surface area (Å²) in [5.41, 5.74) is 5.11. The first kappa shape index (κ1) is 17.0. The van der Waals surface area contributed by atoms with Crippen molar-refractivity contribution in [1.82, 2.24) is 0 Å². The lowest BCUT2D eigenvalue weighted by Crippen LogP contribution is -2.24. The summed E-state index contributed by atoms with van der Waals surface area (Å²) in [6.07, 6.45) is 7.21. The van der Waals surface area contributed by atoms with Gasteiger partial charge >= 0.3 is 0 Å². The van der Waals surface area contributed by atoms with Gasteiger partial charge in [-0.3, -0.25) is 4.79 Å². The molecule has 25 heavy (non-hydrogen) atoms. The fraction of sp³-hybridized carbons (Fsp3) is 0.381. The van der Waals surface area contributed by atoms with Gasteiger partial charge in [0.15, 0.2) is 0 Å². The van der Waals surface area contributed by atoms with Gasteiger partial charge in [0.05, 0.1) is 9.79 Å². The number of rotatable bonds is 2. The first-order valence-corrected chi connectivity index (χ1v) is 11.1. The molecule has 2 bridgehead atoms. The number of carbonyl (C=O) groups excluding carboxylic acids is 1. The van der Waals surface area contributed by atoms with Crippen LogP contribution < -0.4 is 0 Å². The Kier molecular flexibility index (Phi) is 4.59. The average molecular weight is 371 g/mol. The lowest BCUT2D eigenvalue weighted by molar-refractivity contribution is -0.126. The maximum absolute atomic E-state index is 13.1. The Bertz CT molecular complexity index is 844. The number of Topliss-reactive ketones (excluding diaryl/α,β-unsaturated/α-hetero) is 1. The van der Waals surface area contributed by atoms with Crippen LogP contribution in [0.2, 0.25) is 0 Å². The first-order chi connectivity index (χ1) is 12.1. The third kappa shape index (κ3) is 2.89. The van der Waals surface area contributed by atoms with E-state index in [4.69, 9.17) is 0 Å². The van der Waals surface area contributed by atoms with Gasteiger partial charge in [-0.2, -0.15) is 0 Å². The number of carbonyl (C=O) groups is 1. The van der Waals surface area contributed by atoms with Crippen molar-refractivity contribution in [3.05, 3.63) is 52.6 Å². The standard InChI is InChI=1S/C21H22O2S2/c1-24-18-11-14-9-15-7-12-5-3-4-6-13(12)8-16(19(15)22)10-17(14)21(25-2)20(18)23/h3-6,11,15-16,23H,7-10H2,1-2H3. The number of hydrogen-bond acceptors (Lipinski definition) is 4. The van der Waals surface area contributed by atoms with E-state index < -0.39 is 0 Å². The number of phenols is 1. The van der Waals surface area contributed by atoms with E-state index in [1.807, 2.05) is 12.5 Å². The summed E-state index contributed by atoms with van der Waals surface area (Å²) in [5.74, 6) is 0.884. The molecule has 0 aromatic heterocycles. The van der Waals surface area contributed by atoms with Crippen LogP contribution in [0.5, 0.6) is 5.75 Å². The Morgan fingerprint density at radius 3 is 2.12 bits per heavy atom. The topological polar surface area (TPSA) is 37.3 Å². The molecular formula is C21H22O2S2. The van der Waals surface area contributed by atoms with Crippen molar-refractivity contribution in [2.24, 2.45) is 11.8 Å². The molecule has 2 atom stereocenters. The van der Waals surface area contributed by atoms with Crippen LogP contribution in [0.15, 0.2) is 40.1 Å². The number of thioether (sulfide) groups is 2. The van der Waals surface area contributed by atoms with Crippen molar-refractivity contribution in [1.29, 1.82) is 0 Å². The Hall–Kier alpha value is -1.39.